The van der Waals surface area contributed by atoms with Crippen LogP contribution in [0.5, 0.6) is 0 Å². The second kappa shape index (κ2) is 3.61. The van der Waals surface area contributed by atoms with Crippen molar-refractivity contribution in [2.75, 3.05) is 13.1 Å². The zero-order chi connectivity index (χ0) is 9.31. The minimum absolute atomic E-state index is 0.729. The van der Waals surface area contributed by atoms with E-state index in [1.54, 1.807) is 0 Å². The predicted octanol–water partition coefficient (Wildman–Crippen LogP) is 2.81. The van der Waals surface area contributed by atoms with E-state index in [4.69, 9.17) is 0 Å². The molecular formula is C12H23N. The summed E-state index contributed by atoms with van der Waals surface area (Å²) in [4.78, 5) is 0. The van der Waals surface area contributed by atoms with Crippen LogP contribution in [0.25, 0.3) is 0 Å². The van der Waals surface area contributed by atoms with Gasteiger partial charge in [-0.2, -0.15) is 0 Å². The summed E-state index contributed by atoms with van der Waals surface area (Å²) < 4.78 is 0. The Bertz CT molecular complexity index is 174. The lowest BCUT2D eigenvalue weighted by molar-refractivity contribution is 0.236. The standard InChI is InChI=1S/C12H23N/c1-3-13-9-11-8-12(11,2)7-10-5-4-6-10/h10-11,13H,3-9H2,1-2H3. The molecule has 0 saturated heterocycles. The predicted molar refractivity (Wildman–Crippen MR) is 56.7 cm³/mol. The van der Waals surface area contributed by atoms with Gasteiger partial charge in [0, 0.05) is 0 Å². The van der Waals surface area contributed by atoms with Gasteiger partial charge in [0.15, 0.2) is 0 Å². The minimum atomic E-state index is 0.729. The fraction of sp³-hybridized carbons (Fsp3) is 1.00. The summed E-state index contributed by atoms with van der Waals surface area (Å²) >= 11 is 0. The highest BCUT2D eigenvalue weighted by molar-refractivity contribution is 5.01. The molecule has 2 atom stereocenters. The molecule has 0 heterocycles. The summed E-state index contributed by atoms with van der Waals surface area (Å²) in [5, 5.41) is 3.47. The molecule has 1 N–H and O–H groups in total. The molecule has 0 spiro atoms. The molecule has 0 aromatic carbocycles. The van der Waals surface area contributed by atoms with Gasteiger partial charge in [0.05, 0.1) is 0 Å². The third kappa shape index (κ3) is 2.07. The average Bonchev–Trinajstić information content (AvgIpc) is 2.67. The summed E-state index contributed by atoms with van der Waals surface area (Å²) in [7, 11) is 0. The molecule has 0 amide bonds. The number of hydrogen-bond donors (Lipinski definition) is 1. The van der Waals surface area contributed by atoms with Crippen LogP contribution in [0, 0.1) is 17.3 Å². The van der Waals surface area contributed by atoms with Gasteiger partial charge in [0.25, 0.3) is 0 Å². The third-order valence-corrected chi connectivity index (χ3v) is 4.16. The van der Waals surface area contributed by atoms with Gasteiger partial charge in [-0.1, -0.05) is 33.1 Å². The summed E-state index contributed by atoms with van der Waals surface area (Å²) in [6.45, 7) is 7.09. The summed E-state index contributed by atoms with van der Waals surface area (Å²) in [6.07, 6.45) is 7.53. The van der Waals surface area contributed by atoms with Crippen molar-refractivity contribution < 1.29 is 0 Å². The molecule has 2 unspecified atom stereocenters. The maximum Gasteiger partial charge on any atom is -0.00152 e. The van der Waals surface area contributed by atoms with E-state index in [-0.39, 0.29) is 0 Å². The van der Waals surface area contributed by atoms with Crippen molar-refractivity contribution in [2.24, 2.45) is 17.3 Å². The van der Waals surface area contributed by atoms with Crippen LogP contribution in [0.15, 0.2) is 0 Å². The van der Waals surface area contributed by atoms with Crippen LogP contribution in [0.4, 0.5) is 0 Å². The second-order valence-electron chi connectivity index (χ2n) is 5.36. The summed E-state index contributed by atoms with van der Waals surface area (Å²) in [5.74, 6) is 2.09. The van der Waals surface area contributed by atoms with Crippen LogP contribution in [-0.4, -0.2) is 13.1 Å². The van der Waals surface area contributed by atoms with Gasteiger partial charge in [-0.3, -0.25) is 0 Å². The van der Waals surface area contributed by atoms with Gasteiger partial charge in [0.2, 0.25) is 0 Å². The average molecular weight is 181 g/mol. The molecule has 0 aliphatic heterocycles. The molecule has 0 aromatic heterocycles. The van der Waals surface area contributed by atoms with Crippen molar-refractivity contribution in [3.05, 3.63) is 0 Å². The topological polar surface area (TPSA) is 12.0 Å². The number of hydrogen-bond acceptors (Lipinski definition) is 1. The van der Waals surface area contributed by atoms with Crippen molar-refractivity contribution in [2.45, 2.75) is 46.0 Å². The first kappa shape index (κ1) is 9.51. The minimum Gasteiger partial charge on any atom is -0.317 e. The van der Waals surface area contributed by atoms with Crippen LogP contribution in [-0.2, 0) is 0 Å². The maximum absolute atomic E-state index is 3.47. The van der Waals surface area contributed by atoms with Crippen LogP contribution in [0.1, 0.15) is 46.0 Å². The van der Waals surface area contributed by atoms with Gasteiger partial charge in [-0.05, 0) is 43.2 Å². The molecule has 76 valence electrons. The van der Waals surface area contributed by atoms with Gasteiger partial charge < -0.3 is 5.32 Å². The first-order valence-corrected chi connectivity index (χ1v) is 5.95. The molecular weight excluding hydrogens is 158 g/mol. The second-order valence-corrected chi connectivity index (χ2v) is 5.36. The zero-order valence-corrected chi connectivity index (χ0v) is 9.10. The van der Waals surface area contributed by atoms with E-state index >= 15 is 0 Å². The van der Waals surface area contributed by atoms with Crippen LogP contribution < -0.4 is 5.32 Å². The van der Waals surface area contributed by atoms with E-state index in [9.17, 15) is 0 Å². The lowest BCUT2D eigenvalue weighted by Gasteiger charge is -2.28. The Morgan fingerprint density at radius 3 is 2.69 bits per heavy atom. The Hall–Kier alpha value is -0.0400. The van der Waals surface area contributed by atoms with Gasteiger partial charge in [-0.25, -0.2) is 0 Å². The lowest BCUT2D eigenvalue weighted by atomic mass is 9.77. The zero-order valence-electron chi connectivity index (χ0n) is 9.10. The first-order valence-electron chi connectivity index (χ1n) is 5.95. The Balaban J connectivity index is 1.67. The monoisotopic (exact) mass is 181 g/mol. The van der Waals surface area contributed by atoms with E-state index in [0.29, 0.717) is 0 Å². The molecule has 0 bridgehead atoms. The van der Waals surface area contributed by atoms with Crippen LogP contribution in [0.3, 0.4) is 0 Å². The molecule has 0 aromatic rings. The normalized spacial score (nSPS) is 38.8. The van der Waals surface area contributed by atoms with E-state index in [0.717, 1.165) is 23.8 Å². The smallest absolute Gasteiger partial charge is 0.00152 e. The summed E-state index contributed by atoms with van der Waals surface area (Å²) in [5.41, 5.74) is 0.729. The van der Waals surface area contributed by atoms with Crippen LogP contribution in [0.2, 0.25) is 0 Å². The van der Waals surface area contributed by atoms with Gasteiger partial charge in [0.1, 0.15) is 0 Å². The maximum atomic E-state index is 3.47. The highest BCUT2D eigenvalue weighted by atomic mass is 14.9. The van der Waals surface area contributed by atoms with Crippen molar-refractivity contribution in [3.8, 4) is 0 Å². The number of nitrogens with one attached hydrogen (secondary N) is 1. The Morgan fingerprint density at radius 2 is 2.15 bits per heavy atom. The molecule has 2 rings (SSSR count). The highest BCUT2D eigenvalue weighted by Gasteiger charge is 2.50. The molecule has 0 radical (unpaired) electrons. The SMILES string of the molecule is CCNCC1CC1(C)CC1CCC1. The van der Waals surface area contributed by atoms with Gasteiger partial charge >= 0.3 is 0 Å². The quantitative estimate of drug-likeness (QED) is 0.687. The third-order valence-electron chi connectivity index (χ3n) is 4.16. The van der Waals surface area contributed by atoms with Crippen molar-refractivity contribution in [1.29, 1.82) is 0 Å². The van der Waals surface area contributed by atoms with Crippen molar-refractivity contribution >= 4 is 0 Å². The fourth-order valence-electron chi connectivity index (χ4n) is 2.75. The van der Waals surface area contributed by atoms with Crippen molar-refractivity contribution in [1.82, 2.24) is 5.32 Å². The van der Waals surface area contributed by atoms with Crippen molar-refractivity contribution in [3.63, 3.8) is 0 Å². The fourth-order valence-corrected chi connectivity index (χ4v) is 2.75. The van der Waals surface area contributed by atoms with E-state index in [1.165, 1.54) is 38.6 Å². The largest absolute Gasteiger partial charge is 0.317 e. The first-order chi connectivity index (χ1) is 6.24. The molecule has 2 aliphatic carbocycles. The molecule has 2 fully saturated rings. The van der Waals surface area contributed by atoms with E-state index in [2.05, 4.69) is 19.2 Å². The molecule has 2 aliphatic rings. The Morgan fingerprint density at radius 1 is 1.38 bits per heavy atom. The lowest BCUT2D eigenvalue weighted by Crippen LogP contribution is -2.21. The van der Waals surface area contributed by atoms with E-state index in [1.807, 2.05) is 0 Å². The van der Waals surface area contributed by atoms with Crippen LogP contribution >= 0.6 is 0 Å². The molecule has 1 heteroatoms. The molecule has 13 heavy (non-hydrogen) atoms. The number of rotatable bonds is 5. The highest BCUT2D eigenvalue weighted by Crippen LogP contribution is 2.57. The van der Waals surface area contributed by atoms with Gasteiger partial charge in [-0.15, -0.1) is 0 Å². The Kier molecular flexibility index (Phi) is 2.64. The Labute approximate surface area is 82.3 Å². The summed E-state index contributed by atoms with van der Waals surface area (Å²) in [6, 6.07) is 0. The van der Waals surface area contributed by atoms with E-state index < -0.39 is 0 Å². The molecule has 1 nitrogen and oxygen atoms in total. The molecule has 2 saturated carbocycles.